The molecule has 0 radical (unpaired) electrons. The second kappa shape index (κ2) is 9.05. The van der Waals surface area contributed by atoms with E-state index in [1.54, 1.807) is 0 Å². The van der Waals surface area contributed by atoms with Crippen molar-refractivity contribution in [3.63, 3.8) is 0 Å². The Labute approximate surface area is 180 Å². The van der Waals surface area contributed by atoms with E-state index < -0.39 is 69.6 Å². The topological polar surface area (TPSA) is 80.3 Å². The Morgan fingerprint density at radius 1 is 0.793 bits per heavy atom. The van der Waals surface area contributed by atoms with Gasteiger partial charge in [-0.3, -0.25) is 4.79 Å². The van der Waals surface area contributed by atoms with Crippen molar-refractivity contribution in [1.82, 2.24) is 0 Å². The fraction of sp³-hybridized carbons (Fsp3) is 0.889. The lowest BCUT2D eigenvalue weighted by Crippen LogP contribution is -2.54. The molecule has 0 amide bonds. The average Bonchev–Trinajstić information content (AvgIpc) is 2.67. The lowest BCUT2D eigenvalue weighted by molar-refractivity contribution is -0.158. The van der Waals surface area contributed by atoms with E-state index in [1.807, 2.05) is 78.6 Å². The van der Waals surface area contributed by atoms with Crippen molar-refractivity contribution in [3.05, 3.63) is 0 Å². The Bertz CT molecular complexity index is 599. The van der Waals surface area contributed by atoms with E-state index in [9.17, 15) is 9.59 Å². The molecule has 0 aromatic heterocycles. The fourth-order valence-corrected chi connectivity index (χ4v) is 6.61. The van der Waals surface area contributed by atoms with Gasteiger partial charge < -0.3 is 22.4 Å². The third kappa shape index (κ3) is 9.57. The molecule has 11 heteroatoms. The number of carbonyl (C=O) groups excluding carboxylic acids is 2. The zero-order chi connectivity index (χ0) is 23.0. The standard InChI is InChI=1S/C18H40O7Si4/c1-26(2,3)22-14-13(21-17(19)16(14)24-28(7,8)9)15(23-27(4,5)6)18(20)25-29(10,11)12/h13-16H,1-12H3. The van der Waals surface area contributed by atoms with Gasteiger partial charge in [0, 0.05) is 0 Å². The van der Waals surface area contributed by atoms with Crippen molar-refractivity contribution in [2.45, 2.75) is 103 Å². The minimum absolute atomic E-state index is 0.484. The number of cyclic esters (lactones) is 1. The van der Waals surface area contributed by atoms with Crippen molar-refractivity contribution in [3.8, 4) is 0 Å². The van der Waals surface area contributed by atoms with Gasteiger partial charge in [-0.15, -0.1) is 0 Å². The zero-order valence-electron chi connectivity index (χ0n) is 20.2. The van der Waals surface area contributed by atoms with Gasteiger partial charge in [-0.2, -0.15) is 0 Å². The van der Waals surface area contributed by atoms with E-state index in [4.69, 9.17) is 22.4 Å². The van der Waals surface area contributed by atoms with Crippen LogP contribution in [0.1, 0.15) is 0 Å². The molecule has 1 aliphatic rings. The van der Waals surface area contributed by atoms with Gasteiger partial charge in [0.1, 0.15) is 6.10 Å². The molecule has 4 atom stereocenters. The molecule has 0 N–H and O–H groups in total. The van der Waals surface area contributed by atoms with Crippen molar-refractivity contribution in [2.75, 3.05) is 0 Å². The summed E-state index contributed by atoms with van der Waals surface area (Å²) in [6, 6.07) is 0. The van der Waals surface area contributed by atoms with Crippen LogP contribution in [-0.2, 0) is 32.0 Å². The van der Waals surface area contributed by atoms with Crippen LogP contribution in [0.4, 0.5) is 0 Å². The van der Waals surface area contributed by atoms with Crippen LogP contribution in [-0.4, -0.2) is 69.6 Å². The Morgan fingerprint density at radius 2 is 1.28 bits per heavy atom. The molecule has 7 nitrogen and oxygen atoms in total. The molecule has 0 bridgehead atoms. The SMILES string of the molecule is C[Si](C)(C)OC(=O)C(O[Si](C)(C)C)C1OC(=O)C(O[Si](C)(C)C)C1O[Si](C)(C)C. The van der Waals surface area contributed by atoms with Crippen LogP contribution < -0.4 is 0 Å². The largest absolute Gasteiger partial charge is 0.518 e. The van der Waals surface area contributed by atoms with E-state index in [0.29, 0.717) is 0 Å². The number of rotatable bonds is 9. The second-order valence-corrected chi connectivity index (χ2v) is 29.2. The molecular weight excluding hydrogens is 441 g/mol. The maximum absolute atomic E-state index is 13.1. The number of carbonyl (C=O) groups is 2. The molecule has 0 aromatic carbocycles. The van der Waals surface area contributed by atoms with Gasteiger partial charge in [-0.25, -0.2) is 4.79 Å². The van der Waals surface area contributed by atoms with Crippen LogP contribution >= 0.6 is 0 Å². The summed E-state index contributed by atoms with van der Waals surface area (Å²) in [7, 11) is -8.47. The first-order chi connectivity index (χ1) is 12.7. The third-order valence-corrected chi connectivity index (χ3v) is 7.21. The van der Waals surface area contributed by atoms with Gasteiger partial charge in [0.05, 0.1) is 0 Å². The highest BCUT2D eigenvalue weighted by Crippen LogP contribution is 2.32. The summed E-state index contributed by atoms with van der Waals surface area (Å²) >= 11 is 0. The summed E-state index contributed by atoms with van der Waals surface area (Å²) in [5.41, 5.74) is 0. The molecule has 4 unspecified atom stereocenters. The van der Waals surface area contributed by atoms with Gasteiger partial charge in [0.15, 0.2) is 43.3 Å². The van der Waals surface area contributed by atoms with Gasteiger partial charge in [-0.1, -0.05) is 0 Å². The first kappa shape index (κ1) is 26.7. The van der Waals surface area contributed by atoms with E-state index in [1.165, 1.54) is 0 Å². The highest BCUT2D eigenvalue weighted by molar-refractivity contribution is 6.72. The molecule has 1 fully saturated rings. The molecule has 1 heterocycles. The number of hydrogen-bond donors (Lipinski definition) is 0. The summed E-state index contributed by atoms with van der Waals surface area (Å²) in [5, 5.41) is 0. The van der Waals surface area contributed by atoms with Crippen molar-refractivity contribution >= 4 is 45.2 Å². The molecule has 29 heavy (non-hydrogen) atoms. The maximum atomic E-state index is 13.1. The average molecular weight is 481 g/mol. The summed E-state index contributed by atoms with van der Waals surface area (Å²) < 4.78 is 30.1. The van der Waals surface area contributed by atoms with Crippen molar-refractivity contribution in [2.24, 2.45) is 0 Å². The summed E-state index contributed by atoms with van der Waals surface area (Å²) in [4.78, 5) is 25.8. The van der Waals surface area contributed by atoms with Crippen LogP contribution in [0.25, 0.3) is 0 Å². The normalized spacial score (nSPS) is 25.0. The van der Waals surface area contributed by atoms with Gasteiger partial charge in [0.25, 0.3) is 0 Å². The number of ether oxygens (including phenoxy) is 1. The zero-order valence-corrected chi connectivity index (χ0v) is 24.2. The predicted molar refractivity (Wildman–Crippen MR) is 124 cm³/mol. The van der Waals surface area contributed by atoms with Crippen LogP contribution in [0.15, 0.2) is 0 Å². The highest BCUT2D eigenvalue weighted by Gasteiger charge is 2.55. The Kier molecular flexibility index (Phi) is 8.34. The lowest BCUT2D eigenvalue weighted by Gasteiger charge is -2.36. The van der Waals surface area contributed by atoms with Crippen molar-refractivity contribution < 1.29 is 32.0 Å². The lowest BCUT2D eigenvalue weighted by atomic mass is 10.1. The van der Waals surface area contributed by atoms with E-state index >= 15 is 0 Å². The molecule has 0 aliphatic carbocycles. The quantitative estimate of drug-likeness (QED) is 0.365. The van der Waals surface area contributed by atoms with Crippen LogP contribution in [0.3, 0.4) is 0 Å². The van der Waals surface area contributed by atoms with Crippen LogP contribution in [0.2, 0.25) is 78.6 Å². The third-order valence-electron chi connectivity index (χ3n) is 3.49. The van der Waals surface area contributed by atoms with Gasteiger partial charge >= 0.3 is 11.9 Å². The summed E-state index contributed by atoms with van der Waals surface area (Å²) in [5.74, 6) is -0.979. The predicted octanol–water partition coefficient (Wildman–Crippen LogP) is 3.95. The van der Waals surface area contributed by atoms with Crippen LogP contribution in [0.5, 0.6) is 0 Å². The molecule has 170 valence electrons. The fourth-order valence-electron chi connectivity index (χ4n) is 2.83. The minimum Gasteiger partial charge on any atom is -0.518 e. The highest BCUT2D eigenvalue weighted by atomic mass is 28.4. The molecule has 0 spiro atoms. The molecule has 1 saturated heterocycles. The number of esters is 1. The first-order valence-electron chi connectivity index (χ1n) is 10.2. The van der Waals surface area contributed by atoms with Gasteiger partial charge in [0.2, 0.25) is 8.32 Å². The Morgan fingerprint density at radius 3 is 1.66 bits per heavy atom. The number of hydrogen-bond acceptors (Lipinski definition) is 7. The molecule has 1 aliphatic heterocycles. The second-order valence-electron chi connectivity index (χ2n) is 11.4. The monoisotopic (exact) mass is 480 g/mol. The Hall–Kier alpha value is -0.312. The van der Waals surface area contributed by atoms with E-state index in [-0.39, 0.29) is 0 Å². The molecule has 0 saturated carbocycles. The first-order valence-corrected chi connectivity index (χ1v) is 23.8. The smallest absolute Gasteiger partial charge is 0.337 e. The Balaban J connectivity index is 3.34. The summed E-state index contributed by atoms with van der Waals surface area (Å²) in [6.07, 6.45) is -3.46. The van der Waals surface area contributed by atoms with Crippen molar-refractivity contribution in [1.29, 1.82) is 0 Å². The van der Waals surface area contributed by atoms with Gasteiger partial charge in [-0.05, 0) is 78.6 Å². The molecule has 0 aromatic rings. The van der Waals surface area contributed by atoms with E-state index in [0.717, 1.165) is 0 Å². The molecule has 1 rings (SSSR count). The summed E-state index contributed by atoms with van der Waals surface area (Å²) in [6.45, 7) is 23.9. The maximum Gasteiger partial charge on any atom is 0.337 e. The molecular formula is C18H40O7Si4. The van der Waals surface area contributed by atoms with E-state index in [2.05, 4.69) is 0 Å². The van der Waals surface area contributed by atoms with Crippen LogP contribution in [0, 0.1) is 0 Å². The minimum atomic E-state index is -2.16.